The van der Waals surface area contributed by atoms with Gasteiger partial charge in [-0.2, -0.15) is 0 Å². The van der Waals surface area contributed by atoms with Gasteiger partial charge in [0, 0.05) is 17.3 Å². The summed E-state index contributed by atoms with van der Waals surface area (Å²) < 4.78 is 51.4. The molecule has 1 unspecified atom stereocenters. The van der Waals surface area contributed by atoms with Gasteiger partial charge in [0.05, 0.1) is 5.69 Å². The van der Waals surface area contributed by atoms with Gasteiger partial charge in [-0.25, -0.2) is 17.6 Å². The number of benzene rings is 1. The van der Waals surface area contributed by atoms with E-state index in [1.54, 1.807) is 0 Å². The predicted octanol–water partition coefficient (Wildman–Crippen LogP) is 4.31. The second-order valence-electron chi connectivity index (χ2n) is 3.97. The van der Waals surface area contributed by atoms with E-state index >= 15 is 0 Å². The molecule has 0 saturated carbocycles. The topological polar surface area (TPSA) is 24.1 Å². The van der Waals surface area contributed by atoms with E-state index in [-0.39, 0.29) is 15.7 Å². The molecule has 21 heavy (non-hydrogen) atoms. The van der Waals surface area contributed by atoms with Crippen LogP contribution in [0, 0.1) is 12.7 Å². The fourth-order valence-electron chi connectivity index (χ4n) is 1.38. The van der Waals surface area contributed by atoms with Crippen LogP contribution in [-0.4, -0.2) is 29.5 Å². The van der Waals surface area contributed by atoms with Crippen molar-refractivity contribution < 1.29 is 17.6 Å². The van der Waals surface area contributed by atoms with Crippen LogP contribution in [0.2, 0.25) is 0 Å². The number of anilines is 1. The van der Waals surface area contributed by atoms with E-state index in [1.807, 2.05) is 0 Å². The molecule has 0 spiro atoms. The number of hydrogen-bond donors (Lipinski definition) is 2. The molecule has 0 aliphatic heterocycles. The minimum atomic E-state index is -3.11. The van der Waals surface area contributed by atoms with Gasteiger partial charge in [0.2, 0.25) is 5.50 Å². The molecule has 0 aliphatic carbocycles. The van der Waals surface area contributed by atoms with Crippen LogP contribution in [0.1, 0.15) is 5.56 Å². The third-order valence-electron chi connectivity index (χ3n) is 2.33. The van der Waals surface area contributed by atoms with Crippen molar-refractivity contribution in [3.63, 3.8) is 0 Å². The van der Waals surface area contributed by atoms with Crippen molar-refractivity contribution in [3.05, 3.63) is 23.5 Å². The molecule has 0 saturated heterocycles. The molecular weight excluding hydrogens is 348 g/mol. The Kier molecular flexibility index (Phi) is 7.55. The number of nitrogens with one attached hydrogen (secondary N) is 2. The lowest BCUT2D eigenvalue weighted by atomic mass is 10.2. The molecule has 2 nitrogen and oxygen atoms in total. The molecule has 0 radical (unpaired) electrons. The first-order valence-corrected chi connectivity index (χ1v) is 7.67. The van der Waals surface area contributed by atoms with Crippen LogP contribution in [0.5, 0.6) is 0 Å². The van der Waals surface area contributed by atoms with Gasteiger partial charge in [-0.15, -0.1) is 11.6 Å². The average Bonchev–Trinajstić information content (AvgIpc) is 2.41. The highest BCUT2D eigenvalue weighted by atomic mass is 35.5. The zero-order chi connectivity index (χ0) is 16.0. The maximum Gasteiger partial charge on any atom is 0.278 e. The molecule has 9 heteroatoms. The number of halogens is 5. The van der Waals surface area contributed by atoms with E-state index < -0.39 is 17.7 Å². The molecule has 0 amide bonds. The molecule has 1 atom stereocenters. The van der Waals surface area contributed by atoms with E-state index in [0.29, 0.717) is 29.8 Å². The van der Waals surface area contributed by atoms with Crippen LogP contribution in [-0.2, 0) is 0 Å². The Morgan fingerprint density at radius 1 is 1.38 bits per heavy atom. The second kappa shape index (κ2) is 8.65. The fourth-order valence-corrected chi connectivity index (χ4v) is 2.46. The number of thioether (sulfide) groups is 1. The van der Waals surface area contributed by atoms with E-state index in [2.05, 4.69) is 10.6 Å². The van der Waals surface area contributed by atoms with Crippen LogP contribution in [0.3, 0.4) is 0 Å². The standard InChI is InChI=1S/C12H13ClF4N2S2/c1-6-4-7(14)8(19-12(20)18-3-2-13)5-9(6)21-11(17)10(15)16/h4-5,10-11H,2-3H2,1H3,(H2,18,19,20). The molecule has 0 fully saturated rings. The van der Waals surface area contributed by atoms with Gasteiger partial charge in [-0.1, -0.05) is 11.8 Å². The highest BCUT2D eigenvalue weighted by Crippen LogP contribution is 2.33. The van der Waals surface area contributed by atoms with E-state index in [4.69, 9.17) is 23.8 Å². The molecule has 0 heterocycles. The maximum absolute atomic E-state index is 13.8. The lowest BCUT2D eigenvalue weighted by molar-refractivity contribution is 0.0953. The van der Waals surface area contributed by atoms with Crippen LogP contribution in [0.15, 0.2) is 17.0 Å². The molecule has 0 aromatic heterocycles. The van der Waals surface area contributed by atoms with Crippen molar-refractivity contribution >= 4 is 46.4 Å². The van der Waals surface area contributed by atoms with Crippen molar-refractivity contribution in [3.8, 4) is 0 Å². The number of aryl methyl sites for hydroxylation is 1. The zero-order valence-electron chi connectivity index (χ0n) is 10.9. The molecule has 1 aromatic rings. The van der Waals surface area contributed by atoms with E-state index in [9.17, 15) is 17.6 Å². The van der Waals surface area contributed by atoms with Gasteiger partial charge in [0.15, 0.2) is 5.11 Å². The Morgan fingerprint density at radius 3 is 2.62 bits per heavy atom. The quantitative estimate of drug-likeness (QED) is 0.341. The molecule has 1 aromatic carbocycles. The third kappa shape index (κ3) is 5.88. The van der Waals surface area contributed by atoms with E-state index in [1.165, 1.54) is 13.0 Å². The number of thiocarbonyl (C=S) groups is 1. The molecule has 0 bridgehead atoms. The molecule has 0 aliphatic rings. The van der Waals surface area contributed by atoms with Crippen LogP contribution in [0.25, 0.3) is 0 Å². The van der Waals surface area contributed by atoms with Crippen molar-refractivity contribution in [2.45, 2.75) is 23.7 Å². The highest BCUT2D eigenvalue weighted by Gasteiger charge is 2.22. The summed E-state index contributed by atoms with van der Waals surface area (Å²) >= 11 is 10.7. The smallest absolute Gasteiger partial charge is 0.278 e. The van der Waals surface area contributed by atoms with Crippen LogP contribution >= 0.6 is 35.6 Å². The van der Waals surface area contributed by atoms with Gasteiger partial charge in [0.1, 0.15) is 5.82 Å². The number of rotatable bonds is 6. The summed E-state index contributed by atoms with van der Waals surface area (Å²) in [4.78, 5) is 0.215. The van der Waals surface area contributed by atoms with Crippen LogP contribution < -0.4 is 10.6 Å². The molecular formula is C12H13ClF4N2S2. The normalized spacial score (nSPS) is 12.3. The fraction of sp³-hybridized carbons (Fsp3) is 0.417. The second-order valence-corrected chi connectivity index (χ2v) is 5.88. The summed E-state index contributed by atoms with van der Waals surface area (Å²) in [6, 6.07) is 2.38. The first-order chi connectivity index (χ1) is 9.85. The van der Waals surface area contributed by atoms with Crippen molar-refractivity contribution in [1.29, 1.82) is 0 Å². The summed E-state index contributed by atoms with van der Waals surface area (Å²) in [5.74, 6) is -0.295. The van der Waals surface area contributed by atoms with Gasteiger partial charge in [-0.05, 0) is 36.8 Å². The minimum absolute atomic E-state index is 0.0170. The lowest BCUT2D eigenvalue weighted by Gasteiger charge is -2.14. The zero-order valence-corrected chi connectivity index (χ0v) is 13.3. The van der Waals surface area contributed by atoms with E-state index in [0.717, 1.165) is 6.07 Å². The summed E-state index contributed by atoms with van der Waals surface area (Å²) in [6.45, 7) is 1.90. The summed E-state index contributed by atoms with van der Waals surface area (Å²) in [5.41, 5.74) is -2.02. The molecule has 118 valence electrons. The van der Waals surface area contributed by atoms with Gasteiger partial charge >= 0.3 is 0 Å². The predicted molar refractivity (Wildman–Crippen MR) is 82.8 cm³/mol. The molecule has 1 rings (SSSR count). The summed E-state index contributed by atoms with van der Waals surface area (Å²) in [6.07, 6.45) is -3.11. The van der Waals surface area contributed by atoms with Crippen molar-refractivity contribution in [2.75, 3.05) is 17.7 Å². The number of hydrogen-bond acceptors (Lipinski definition) is 2. The summed E-state index contributed by atoms with van der Waals surface area (Å²) in [5, 5.41) is 5.44. The van der Waals surface area contributed by atoms with Gasteiger partial charge in [0.25, 0.3) is 6.43 Å². The Morgan fingerprint density at radius 2 is 2.05 bits per heavy atom. The highest BCUT2D eigenvalue weighted by molar-refractivity contribution is 7.99. The monoisotopic (exact) mass is 360 g/mol. The number of alkyl halides is 4. The maximum atomic E-state index is 13.8. The Hall–Kier alpha value is -0.730. The largest absolute Gasteiger partial charge is 0.361 e. The first-order valence-electron chi connectivity index (χ1n) is 5.85. The van der Waals surface area contributed by atoms with Crippen LogP contribution in [0.4, 0.5) is 23.2 Å². The third-order valence-corrected chi connectivity index (χ3v) is 3.89. The Balaban J connectivity index is 2.87. The Bertz CT molecular complexity index is 502. The van der Waals surface area contributed by atoms with Gasteiger partial charge in [-0.3, -0.25) is 0 Å². The molecule has 2 N–H and O–H groups in total. The first kappa shape index (κ1) is 18.3. The lowest BCUT2D eigenvalue weighted by Crippen LogP contribution is -2.30. The van der Waals surface area contributed by atoms with Gasteiger partial charge < -0.3 is 10.6 Å². The SMILES string of the molecule is Cc1cc(F)c(NC(=S)NCCCl)cc1SC(F)C(F)F. The van der Waals surface area contributed by atoms with Crippen molar-refractivity contribution in [1.82, 2.24) is 5.32 Å². The Labute approximate surface area is 134 Å². The summed E-state index contributed by atoms with van der Waals surface area (Å²) in [7, 11) is 0. The average molecular weight is 361 g/mol. The minimum Gasteiger partial charge on any atom is -0.361 e. The van der Waals surface area contributed by atoms with Crippen molar-refractivity contribution in [2.24, 2.45) is 0 Å².